The van der Waals surface area contributed by atoms with Gasteiger partial charge >= 0.3 is 0 Å². The highest BCUT2D eigenvalue weighted by Crippen LogP contribution is 2.35. The van der Waals surface area contributed by atoms with Gasteiger partial charge in [0.05, 0.1) is 25.0 Å². The number of hydrogen-bond donors (Lipinski definition) is 1. The summed E-state index contributed by atoms with van der Waals surface area (Å²) >= 11 is 6.16. The summed E-state index contributed by atoms with van der Waals surface area (Å²) in [5.74, 6) is 0.680. The summed E-state index contributed by atoms with van der Waals surface area (Å²) in [5, 5.41) is 6.92. The minimum absolute atomic E-state index is 0.202. The smallest absolute Gasteiger partial charge is 0.265 e. The summed E-state index contributed by atoms with van der Waals surface area (Å²) in [7, 11) is 1.52. The maximum absolute atomic E-state index is 11.8. The number of benzene rings is 2. The summed E-state index contributed by atoms with van der Waals surface area (Å²) in [6, 6.07) is 10.9. The number of aryl methyl sites for hydroxylation is 1. The molecule has 0 saturated heterocycles. The van der Waals surface area contributed by atoms with Crippen molar-refractivity contribution in [1.82, 2.24) is 0 Å². The summed E-state index contributed by atoms with van der Waals surface area (Å²) in [6.07, 6.45) is 1.45. The van der Waals surface area contributed by atoms with Crippen molar-refractivity contribution in [2.45, 2.75) is 13.8 Å². The zero-order chi connectivity index (χ0) is 18.9. The predicted molar refractivity (Wildman–Crippen MR) is 103 cm³/mol. The lowest BCUT2D eigenvalue weighted by molar-refractivity contribution is -0.120. The topological polar surface area (TPSA) is 69.2 Å². The van der Waals surface area contributed by atoms with Gasteiger partial charge in [-0.25, -0.2) is 0 Å². The Morgan fingerprint density at radius 3 is 2.65 bits per heavy atom. The number of methoxy groups -OCH3 is 1. The molecule has 2 aromatic carbocycles. The normalized spacial score (nSPS) is 10.6. The fraction of sp³-hybridized carbons (Fsp3) is 0.263. The molecule has 0 bridgehead atoms. The van der Waals surface area contributed by atoms with E-state index in [2.05, 4.69) is 10.5 Å². The Bertz CT molecular complexity index is 776. The fourth-order valence-corrected chi connectivity index (χ4v) is 2.45. The minimum atomic E-state index is -0.297. The van der Waals surface area contributed by atoms with Crippen molar-refractivity contribution in [3.8, 4) is 11.5 Å². The standard InChI is InChI=1S/C19H21ClN2O4/c1-4-25-17-10-14(9-16(20)19(17)24-3)11-21-26-12-18(23)22-15-7-5-13(2)6-8-15/h5-11H,4,12H2,1-3H3,(H,22,23). The van der Waals surface area contributed by atoms with Crippen molar-refractivity contribution >= 4 is 29.4 Å². The van der Waals surface area contributed by atoms with Crippen molar-refractivity contribution in [3.05, 3.63) is 52.5 Å². The van der Waals surface area contributed by atoms with Gasteiger partial charge in [0.15, 0.2) is 18.1 Å². The average Bonchev–Trinajstić information content (AvgIpc) is 2.61. The Hall–Kier alpha value is -2.73. The van der Waals surface area contributed by atoms with Crippen LogP contribution in [0, 0.1) is 6.92 Å². The largest absolute Gasteiger partial charge is 0.491 e. The lowest BCUT2D eigenvalue weighted by Crippen LogP contribution is -2.16. The molecule has 0 aliphatic heterocycles. The van der Waals surface area contributed by atoms with Crippen molar-refractivity contribution in [2.75, 3.05) is 25.6 Å². The van der Waals surface area contributed by atoms with Gasteiger partial charge in [-0.05, 0) is 38.1 Å². The minimum Gasteiger partial charge on any atom is -0.491 e. The molecule has 0 heterocycles. The number of anilines is 1. The molecule has 0 radical (unpaired) electrons. The Labute approximate surface area is 157 Å². The quantitative estimate of drug-likeness (QED) is 0.557. The van der Waals surface area contributed by atoms with E-state index in [1.807, 2.05) is 38.1 Å². The van der Waals surface area contributed by atoms with Crippen LogP contribution in [0.25, 0.3) is 0 Å². The second kappa shape index (κ2) is 9.68. The van der Waals surface area contributed by atoms with Crippen LogP contribution in [-0.2, 0) is 9.63 Å². The molecular formula is C19H21ClN2O4. The van der Waals surface area contributed by atoms with Crippen LogP contribution in [0.15, 0.2) is 41.6 Å². The Morgan fingerprint density at radius 2 is 2.00 bits per heavy atom. The summed E-state index contributed by atoms with van der Waals surface area (Å²) in [4.78, 5) is 16.9. The number of carbonyl (C=O) groups is 1. The Kier molecular flexibility index (Phi) is 7.29. The number of amides is 1. The van der Waals surface area contributed by atoms with Gasteiger partial charge in [0.2, 0.25) is 0 Å². The number of rotatable bonds is 8. The van der Waals surface area contributed by atoms with Crippen LogP contribution in [-0.4, -0.2) is 32.4 Å². The number of halogens is 1. The lowest BCUT2D eigenvalue weighted by Gasteiger charge is -2.11. The second-order valence-electron chi connectivity index (χ2n) is 5.39. The second-order valence-corrected chi connectivity index (χ2v) is 5.80. The van der Waals surface area contributed by atoms with Crippen molar-refractivity contribution in [3.63, 3.8) is 0 Å². The highest BCUT2D eigenvalue weighted by atomic mass is 35.5. The van der Waals surface area contributed by atoms with Crippen molar-refractivity contribution < 1.29 is 19.1 Å². The van der Waals surface area contributed by atoms with E-state index in [1.165, 1.54) is 13.3 Å². The molecule has 2 rings (SSSR count). The number of hydrogen-bond acceptors (Lipinski definition) is 5. The van der Waals surface area contributed by atoms with Crippen LogP contribution in [0.3, 0.4) is 0 Å². The van der Waals surface area contributed by atoms with Gasteiger partial charge in [-0.1, -0.05) is 34.5 Å². The first-order valence-corrected chi connectivity index (χ1v) is 8.43. The van der Waals surface area contributed by atoms with Crippen LogP contribution in [0.4, 0.5) is 5.69 Å². The van der Waals surface area contributed by atoms with Gasteiger partial charge in [0, 0.05) is 11.3 Å². The molecule has 26 heavy (non-hydrogen) atoms. The molecule has 138 valence electrons. The first-order valence-electron chi connectivity index (χ1n) is 8.05. The lowest BCUT2D eigenvalue weighted by atomic mass is 10.2. The van der Waals surface area contributed by atoms with Crippen molar-refractivity contribution in [2.24, 2.45) is 5.16 Å². The Balaban J connectivity index is 1.91. The summed E-state index contributed by atoms with van der Waals surface area (Å²) in [6.45, 7) is 4.12. The van der Waals surface area contributed by atoms with Gasteiger partial charge in [-0.15, -0.1) is 0 Å². The van der Waals surface area contributed by atoms with E-state index in [9.17, 15) is 4.79 Å². The third kappa shape index (κ3) is 5.67. The number of ether oxygens (including phenoxy) is 2. The van der Waals surface area contributed by atoms with E-state index in [-0.39, 0.29) is 12.5 Å². The number of nitrogens with one attached hydrogen (secondary N) is 1. The van der Waals surface area contributed by atoms with Gasteiger partial charge < -0.3 is 19.6 Å². The predicted octanol–water partition coefficient (Wildman–Crippen LogP) is 4.04. The molecule has 7 heteroatoms. The van der Waals surface area contributed by atoms with Gasteiger partial charge in [-0.3, -0.25) is 4.79 Å². The van der Waals surface area contributed by atoms with E-state index in [4.69, 9.17) is 25.9 Å². The average molecular weight is 377 g/mol. The molecule has 0 unspecified atom stereocenters. The van der Waals surface area contributed by atoms with Crippen LogP contribution >= 0.6 is 11.6 Å². The molecule has 0 saturated carbocycles. The SMILES string of the molecule is CCOc1cc(C=NOCC(=O)Nc2ccc(C)cc2)cc(Cl)c1OC. The molecule has 0 spiro atoms. The number of carbonyl (C=O) groups excluding carboxylic acids is 1. The first-order chi connectivity index (χ1) is 12.5. The van der Waals surface area contributed by atoms with E-state index >= 15 is 0 Å². The Morgan fingerprint density at radius 1 is 1.27 bits per heavy atom. The molecule has 1 amide bonds. The zero-order valence-electron chi connectivity index (χ0n) is 14.9. The fourth-order valence-electron chi connectivity index (χ4n) is 2.15. The third-order valence-electron chi connectivity index (χ3n) is 3.34. The maximum atomic E-state index is 11.8. The van der Waals surface area contributed by atoms with Crippen LogP contribution in [0.1, 0.15) is 18.1 Å². The molecular weight excluding hydrogens is 356 g/mol. The molecule has 0 aliphatic rings. The molecule has 2 aromatic rings. The first kappa shape index (κ1) is 19.6. The van der Waals surface area contributed by atoms with Crippen molar-refractivity contribution in [1.29, 1.82) is 0 Å². The monoisotopic (exact) mass is 376 g/mol. The summed E-state index contributed by atoms with van der Waals surface area (Å²) in [5.41, 5.74) is 2.49. The van der Waals surface area contributed by atoms with E-state index in [0.717, 1.165) is 5.56 Å². The maximum Gasteiger partial charge on any atom is 0.265 e. The molecule has 0 aliphatic carbocycles. The van der Waals surface area contributed by atoms with Crippen LogP contribution in [0.2, 0.25) is 5.02 Å². The number of oxime groups is 1. The summed E-state index contributed by atoms with van der Waals surface area (Å²) < 4.78 is 10.7. The van der Waals surface area contributed by atoms with E-state index < -0.39 is 0 Å². The highest BCUT2D eigenvalue weighted by molar-refractivity contribution is 6.32. The molecule has 0 aromatic heterocycles. The van der Waals surface area contributed by atoms with Gasteiger partial charge in [-0.2, -0.15) is 0 Å². The van der Waals surface area contributed by atoms with Crippen LogP contribution in [0.5, 0.6) is 11.5 Å². The van der Waals surface area contributed by atoms with E-state index in [1.54, 1.807) is 12.1 Å². The van der Waals surface area contributed by atoms with Gasteiger partial charge in [0.25, 0.3) is 5.91 Å². The zero-order valence-corrected chi connectivity index (χ0v) is 15.7. The van der Waals surface area contributed by atoms with Crippen LogP contribution < -0.4 is 14.8 Å². The van der Waals surface area contributed by atoms with Gasteiger partial charge in [0.1, 0.15) is 0 Å². The number of nitrogens with zero attached hydrogens (tertiary/aromatic N) is 1. The molecule has 6 nitrogen and oxygen atoms in total. The highest BCUT2D eigenvalue weighted by Gasteiger charge is 2.10. The molecule has 0 fully saturated rings. The molecule has 1 N–H and O–H groups in total. The van der Waals surface area contributed by atoms with E-state index in [0.29, 0.717) is 34.4 Å². The molecule has 0 atom stereocenters. The third-order valence-corrected chi connectivity index (χ3v) is 3.62.